The molecule has 0 amide bonds. The van der Waals surface area contributed by atoms with E-state index in [0.29, 0.717) is 12.0 Å². The summed E-state index contributed by atoms with van der Waals surface area (Å²) in [7, 11) is 0. The third-order valence-corrected chi connectivity index (χ3v) is 3.30. The van der Waals surface area contributed by atoms with Gasteiger partial charge in [0.05, 0.1) is 5.02 Å². The SMILES string of the molecule is CC1CC(CN)CN1c1ncccc1Cl. The van der Waals surface area contributed by atoms with Crippen molar-refractivity contribution in [2.24, 2.45) is 11.7 Å². The summed E-state index contributed by atoms with van der Waals surface area (Å²) in [5.74, 6) is 1.46. The Morgan fingerprint density at radius 2 is 2.47 bits per heavy atom. The first-order valence-electron chi connectivity index (χ1n) is 5.29. The van der Waals surface area contributed by atoms with Gasteiger partial charge in [0.15, 0.2) is 0 Å². The monoisotopic (exact) mass is 225 g/mol. The summed E-state index contributed by atoms with van der Waals surface area (Å²) < 4.78 is 0. The summed E-state index contributed by atoms with van der Waals surface area (Å²) in [4.78, 5) is 6.58. The molecule has 2 heterocycles. The van der Waals surface area contributed by atoms with Crippen LogP contribution in [0.5, 0.6) is 0 Å². The van der Waals surface area contributed by atoms with E-state index < -0.39 is 0 Å². The molecule has 0 saturated carbocycles. The molecule has 0 spiro atoms. The molecular formula is C11H16ClN3. The molecule has 2 N–H and O–H groups in total. The van der Waals surface area contributed by atoms with Gasteiger partial charge in [-0.15, -0.1) is 0 Å². The zero-order valence-electron chi connectivity index (χ0n) is 8.86. The van der Waals surface area contributed by atoms with Crippen molar-refractivity contribution in [3.05, 3.63) is 23.4 Å². The molecule has 0 bridgehead atoms. The largest absolute Gasteiger partial charge is 0.352 e. The fourth-order valence-corrected chi connectivity index (χ4v) is 2.43. The average Bonchev–Trinajstić information content (AvgIpc) is 2.60. The van der Waals surface area contributed by atoms with Gasteiger partial charge in [-0.1, -0.05) is 11.6 Å². The lowest BCUT2D eigenvalue weighted by Gasteiger charge is -2.23. The maximum Gasteiger partial charge on any atom is 0.147 e. The number of halogens is 1. The molecule has 1 fully saturated rings. The minimum absolute atomic E-state index is 0.478. The smallest absolute Gasteiger partial charge is 0.147 e. The first kappa shape index (κ1) is 10.7. The normalized spacial score (nSPS) is 25.9. The quantitative estimate of drug-likeness (QED) is 0.836. The molecule has 0 radical (unpaired) electrons. The van der Waals surface area contributed by atoms with Crippen LogP contribution in [0.4, 0.5) is 5.82 Å². The number of nitrogens with zero attached hydrogens (tertiary/aromatic N) is 2. The van der Waals surface area contributed by atoms with Gasteiger partial charge in [-0.05, 0) is 37.9 Å². The van der Waals surface area contributed by atoms with Crippen molar-refractivity contribution in [3.63, 3.8) is 0 Å². The highest BCUT2D eigenvalue weighted by molar-refractivity contribution is 6.32. The molecule has 3 nitrogen and oxygen atoms in total. The van der Waals surface area contributed by atoms with Crippen molar-refractivity contribution in [2.45, 2.75) is 19.4 Å². The van der Waals surface area contributed by atoms with Gasteiger partial charge >= 0.3 is 0 Å². The summed E-state index contributed by atoms with van der Waals surface area (Å²) in [6.07, 6.45) is 2.91. The predicted molar refractivity (Wildman–Crippen MR) is 63.2 cm³/mol. The first-order valence-corrected chi connectivity index (χ1v) is 5.67. The van der Waals surface area contributed by atoms with E-state index in [-0.39, 0.29) is 0 Å². The molecule has 0 aromatic carbocycles. The minimum Gasteiger partial charge on any atom is -0.352 e. The third kappa shape index (κ3) is 2.08. The van der Waals surface area contributed by atoms with E-state index in [0.717, 1.165) is 30.4 Å². The lowest BCUT2D eigenvalue weighted by atomic mass is 10.1. The molecule has 2 unspecified atom stereocenters. The highest BCUT2D eigenvalue weighted by Crippen LogP contribution is 2.31. The Bertz CT molecular complexity index is 342. The van der Waals surface area contributed by atoms with Gasteiger partial charge in [0.25, 0.3) is 0 Å². The minimum atomic E-state index is 0.478. The van der Waals surface area contributed by atoms with Crippen LogP contribution < -0.4 is 10.6 Å². The van der Waals surface area contributed by atoms with Crippen LogP contribution in [0.25, 0.3) is 0 Å². The maximum absolute atomic E-state index is 6.13. The second-order valence-electron chi connectivity index (χ2n) is 4.15. The number of pyridine rings is 1. The summed E-state index contributed by atoms with van der Waals surface area (Å²) in [6, 6.07) is 4.21. The molecule has 1 aromatic heterocycles. The zero-order valence-corrected chi connectivity index (χ0v) is 9.61. The van der Waals surface area contributed by atoms with Gasteiger partial charge in [-0.25, -0.2) is 4.98 Å². The highest BCUT2D eigenvalue weighted by atomic mass is 35.5. The zero-order chi connectivity index (χ0) is 10.8. The Kier molecular flexibility index (Phi) is 3.12. The Morgan fingerprint density at radius 1 is 1.67 bits per heavy atom. The van der Waals surface area contributed by atoms with Crippen LogP contribution in [0.3, 0.4) is 0 Å². The molecular weight excluding hydrogens is 210 g/mol. The molecule has 0 aliphatic carbocycles. The van der Waals surface area contributed by atoms with E-state index in [1.807, 2.05) is 12.1 Å². The summed E-state index contributed by atoms with van der Waals surface area (Å²) in [6.45, 7) is 3.90. The molecule has 1 aliphatic rings. The number of anilines is 1. The van der Waals surface area contributed by atoms with E-state index in [1.54, 1.807) is 6.20 Å². The van der Waals surface area contributed by atoms with E-state index >= 15 is 0 Å². The van der Waals surface area contributed by atoms with Crippen molar-refractivity contribution in [3.8, 4) is 0 Å². The number of rotatable bonds is 2. The molecule has 1 aliphatic heterocycles. The Labute approximate surface area is 95.2 Å². The van der Waals surface area contributed by atoms with Crippen molar-refractivity contribution >= 4 is 17.4 Å². The van der Waals surface area contributed by atoms with Crippen LogP contribution in [0, 0.1) is 5.92 Å². The Hall–Kier alpha value is -0.800. The van der Waals surface area contributed by atoms with Crippen molar-refractivity contribution in [1.82, 2.24) is 4.98 Å². The fraction of sp³-hybridized carbons (Fsp3) is 0.545. The summed E-state index contributed by atoms with van der Waals surface area (Å²) in [5.41, 5.74) is 5.69. The van der Waals surface area contributed by atoms with Gasteiger partial charge < -0.3 is 10.6 Å². The molecule has 4 heteroatoms. The molecule has 1 aromatic rings. The predicted octanol–water partition coefficient (Wildman–Crippen LogP) is 1.91. The fourth-order valence-electron chi connectivity index (χ4n) is 2.20. The first-order chi connectivity index (χ1) is 7.22. The highest BCUT2D eigenvalue weighted by Gasteiger charge is 2.29. The van der Waals surface area contributed by atoms with Gasteiger partial charge in [-0.3, -0.25) is 0 Å². The molecule has 1 saturated heterocycles. The van der Waals surface area contributed by atoms with Crippen LogP contribution in [0.1, 0.15) is 13.3 Å². The second-order valence-corrected chi connectivity index (χ2v) is 4.55. The summed E-state index contributed by atoms with van der Waals surface area (Å²) >= 11 is 6.13. The van der Waals surface area contributed by atoms with Crippen molar-refractivity contribution in [2.75, 3.05) is 18.0 Å². The standard InChI is InChI=1S/C11H16ClN3/c1-8-5-9(6-13)7-15(8)11-10(12)3-2-4-14-11/h2-4,8-9H,5-7,13H2,1H3. The van der Waals surface area contributed by atoms with E-state index in [4.69, 9.17) is 17.3 Å². The Balaban J connectivity index is 2.21. The van der Waals surface area contributed by atoms with Crippen LogP contribution in [0.2, 0.25) is 5.02 Å². The lowest BCUT2D eigenvalue weighted by Crippen LogP contribution is -2.28. The van der Waals surface area contributed by atoms with Crippen LogP contribution in [0.15, 0.2) is 18.3 Å². The topological polar surface area (TPSA) is 42.1 Å². The number of hydrogen-bond acceptors (Lipinski definition) is 3. The maximum atomic E-state index is 6.13. The van der Waals surface area contributed by atoms with E-state index in [9.17, 15) is 0 Å². The molecule has 82 valence electrons. The van der Waals surface area contributed by atoms with Gasteiger partial charge in [0.1, 0.15) is 5.82 Å². The summed E-state index contributed by atoms with van der Waals surface area (Å²) in [5, 5.41) is 0.724. The van der Waals surface area contributed by atoms with Gasteiger partial charge in [0.2, 0.25) is 0 Å². The molecule has 2 atom stereocenters. The molecule has 2 rings (SSSR count). The van der Waals surface area contributed by atoms with Crippen LogP contribution in [-0.4, -0.2) is 24.1 Å². The lowest BCUT2D eigenvalue weighted by molar-refractivity contribution is 0.579. The van der Waals surface area contributed by atoms with Gasteiger partial charge in [-0.2, -0.15) is 0 Å². The second kappa shape index (κ2) is 4.37. The van der Waals surface area contributed by atoms with E-state index in [2.05, 4.69) is 16.8 Å². The van der Waals surface area contributed by atoms with Crippen molar-refractivity contribution < 1.29 is 0 Å². The Morgan fingerprint density at radius 3 is 3.07 bits per heavy atom. The average molecular weight is 226 g/mol. The van der Waals surface area contributed by atoms with Crippen LogP contribution >= 0.6 is 11.6 Å². The van der Waals surface area contributed by atoms with Crippen LogP contribution in [-0.2, 0) is 0 Å². The number of nitrogens with two attached hydrogens (primary N) is 1. The van der Waals surface area contributed by atoms with Gasteiger partial charge in [0, 0.05) is 18.8 Å². The third-order valence-electron chi connectivity index (χ3n) is 3.01. The number of aromatic nitrogens is 1. The van der Waals surface area contributed by atoms with Crippen molar-refractivity contribution in [1.29, 1.82) is 0 Å². The molecule has 15 heavy (non-hydrogen) atoms. The number of hydrogen-bond donors (Lipinski definition) is 1. The van der Waals surface area contributed by atoms with E-state index in [1.165, 1.54) is 0 Å².